The molecule has 3 atom stereocenters. The van der Waals surface area contributed by atoms with E-state index in [1.807, 2.05) is 0 Å². The van der Waals surface area contributed by atoms with Gasteiger partial charge in [0, 0.05) is 48.9 Å². The van der Waals surface area contributed by atoms with Gasteiger partial charge in [0.1, 0.15) is 23.0 Å². The van der Waals surface area contributed by atoms with E-state index in [0.717, 1.165) is 29.0 Å². The molecule has 9 nitrogen and oxygen atoms in total. The predicted octanol–water partition coefficient (Wildman–Crippen LogP) is 3.90. The molecule has 6 rings (SSSR count). The zero-order chi connectivity index (χ0) is 28.3. The van der Waals surface area contributed by atoms with Gasteiger partial charge in [-0.25, -0.2) is 32.1 Å². The van der Waals surface area contributed by atoms with Gasteiger partial charge in [-0.2, -0.15) is 0 Å². The Balaban J connectivity index is 1.27. The van der Waals surface area contributed by atoms with Crippen LogP contribution in [-0.2, 0) is 0 Å². The molecule has 3 heterocycles. The van der Waals surface area contributed by atoms with Crippen LogP contribution in [0.25, 0.3) is 16.7 Å². The lowest BCUT2D eigenvalue weighted by molar-refractivity contribution is 0.0695. The van der Waals surface area contributed by atoms with Crippen LogP contribution in [0.1, 0.15) is 10.4 Å². The van der Waals surface area contributed by atoms with Crippen LogP contribution >= 0.6 is 0 Å². The Morgan fingerprint density at radius 1 is 0.925 bits per heavy atom. The van der Waals surface area contributed by atoms with Crippen molar-refractivity contribution in [2.45, 2.75) is 6.04 Å². The average molecular weight is 553 g/mol. The fourth-order valence-corrected chi connectivity index (χ4v) is 5.21. The second kappa shape index (κ2) is 9.36. The van der Waals surface area contributed by atoms with Crippen LogP contribution in [-0.4, -0.2) is 45.8 Å². The van der Waals surface area contributed by atoms with E-state index in [1.165, 1.54) is 24.3 Å². The SMILES string of the molecule is O=C(Nc1ccc(F)cc1)NC1[C@H]2CN(c3nc4c(cc3F)c(=O)c(C(=O)O)cn4-c3ccc(F)cc3F)C[C@@H]12. The van der Waals surface area contributed by atoms with Crippen molar-refractivity contribution in [3.8, 4) is 5.69 Å². The summed E-state index contributed by atoms with van der Waals surface area (Å²) in [5, 5.41) is 14.6. The van der Waals surface area contributed by atoms with E-state index in [9.17, 15) is 32.7 Å². The fourth-order valence-electron chi connectivity index (χ4n) is 5.21. The van der Waals surface area contributed by atoms with Gasteiger partial charge in [-0.1, -0.05) is 0 Å². The molecule has 1 aliphatic carbocycles. The van der Waals surface area contributed by atoms with Crippen molar-refractivity contribution in [1.29, 1.82) is 0 Å². The Hall–Kier alpha value is -4.94. The van der Waals surface area contributed by atoms with E-state index < -0.39 is 46.3 Å². The number of piperidine rings is 1. The maximum atomic E-state index is 15.2. The van der Waals surface area contributed by atoms with E-state index in [-0.39, 0.29) is 40.4 Å². The number of urea groups is 1. The minimum Gasteiger partial charge on any atom is -0.477 e. The number of pyridine rings is 2. The molecular formula is C27H19F4N5O4. The number of aromatic carboxylic acids is 1. The van der Waals surface area contributed by atoms with E-state index in [1.54, 1.807) is 4.90 Å². The second-order valence-corrected chi connectivity index (χ2v) is 9.67. The highest BCUT2D eigenvalue weighted by Gasteiger charge is 2.57. The molecule has 1 saturated carbocycles. The number of carboxylic acids is 1. The zero-order valence-electron chi connectivity index (χ0n) is 20.4. The molecule has 204 valence electrons. The largest absolute Gasteiger partial charge is 0.477 e. The number of fused-ring (bicyclic) bond motifs is 2. The number of hydrogen-bond donors (Lipinski definition) is 3. The molecule has 0 spiro atoms. The van der Waals surface area contributed by atoms with Crippen LogP contribution in [0.2, 0.25) is 0 Å². The molecule has 40 heavy (non-hydrogen) atoms. The van der Waals surface area contributed by atoms with Crippen molar-refractivity contribution in [2.24, 2.45) is 11.8 Å². The third-order valence-electron chi connectivity index (χ3n) is 7.21. The Kier molecular flexibility index (Phi) is 5.93. The molecule has 0 bridgehead atoms. The number of benzene rings is 2. The van der Waals surface area contributed by atoms with Crippen LogP contribution in [0.3, 0.4) is 0 Å². The first-order valence-electron chi connectivity index (χ1n) is 12.1. The van der Waals surface area contributed by atoms with Crippen LogP contribution in [0, 0.1) is 35.1 Å². The average Bonchev–Trinajstić information content (AvgIpc) is 3.32. The number of halogens is 4. The molecular weight excluding hydrogens is 534 g/mol. The maximum absolute atomic E-state index is 15.2. The van der Waals surface area contributed by atoms with Gasteiger partial charge in [0.25, 0.3) is 0 Å². The summed E-state index contributed by atoms with van der Waals surface area (Å²) in [5.41, 5.74) is -1.80. The first kappa shape index (κ1) is 25.3. The van der Waals surface area contributed by atoms with Gasteiger partial charge < -0.3 is 20.6 Å². The van der Waals surface area contributed by atoms with Crippen LogP contribution in [0.5, 0.6) is 0 Å². The number of nitrogens with zero attached hydrogens (tertiary/aromatic N) is 3. The lowest BCUT2D eigenvalue weighted by atomic mass is 10.1. The second-order valence-electron chi connectivity index (χ2n) is 9.67. The maximum Gasteiger partial charge on any atom is 0.341 e. The number of aromatic nitrogens is 2. The van der Waals surface area contributed by atoms with E-state index in [0.29, 0.717) is 24.8 Å². The number of anilines is 2. The first-order chi connectivity index (χ1) is 19.1. The summed E-state index contributed by atoms with van der Waals surface area (Å²) in [6.45, 7) is 0.647. The molecule has 1 aliphatic heterocycles. The summed E-state index contributed by atoms with van der Waals surface area (Å²) in [6, 6.07) is 8.12. The summed E-state index contributed by atoms with van der Waals surface area (Å²) >= 11 is 0. The summed E-state index contributed by atoms with van der Waals surface area (Å²) in [4.78, 5) is 42.7. The van der Waals surface area contributed by atoms with Crippen molar-refractivity contribution in [3.63, 3.8) is 0 Å². The minimum absolute atomic E-state index is 0.0120. The number of amides is 2. The van der Waals surface area contributed by atoms with E-state index in [4.69, 9.17) is 0 Å². The molecule has 4 aromatic rings. The molecule has 0 radical (unpaired) electrons. The fraction of sp³-hybridized carbons (Fsp3) is 0.185. The Morgan fingerprint density at radius 2 is 1.60 bits per heavy atom. The van der Waals surface area contributed by atoms with E-state index >= 15 is 4.39 Å². The number of hydrogen-bond acceptors (Lipinski definition) is 5. The highest BCUT2D eigenvalue weighted by atomic mass is 19.1. The molecule has 2 aliphatic rings. The van der Waals surface area contributed by atoms with Crippen LogP contribution in [0.15, 0.2) is 59.5 Å². The smallest absolute Gasteiger partial charge is 0.341 e. The third-order valence-corrected chi connectivity index (χ3v) is 7.21. The highest BCUT2D eigenvalue weighted by Crippen LogP contribution is 2.47. The number of carbonyl (C=O) groups excluding carboxylic acids is 1. The molecule has 3 N–H and O–H groups in total. The monoisotopic (exact) mass is 553 g/mol. The Morgan fingerprint density at radius 3 is 2.25 bits per heavy atom. The molecule has 1 unspecified atom stereocenters. The van der Waals surface area contributed by atoms with Crippen molar-refractivity contribution in [3.05, 3.63) is 93.8 Å². The third kappa shape index (κ3) is 4.38. The van der Waals surface area contributed by atoms with Gasteiger partial charge in [0.15, 0.2) is 17.3 Å². The number of rotatable bonds is 5. The highest BCUT2D eigenvalue weighted by molar-refractivity contribution is 5.93. The molecule has 1 saturated heterocycles. The van der Waals surface area contributed by atoms with E-state index in [2.05, 4.69) is 15.6 Å². The van der Waals surface area contributed by atoms with Gasteiger partial charge >= 0.3 is 12.0 Å². The minimum atomic E-state index is -1.60. The number of nitrogens with one attached hydrogen (secondary N) is 2. The van der Waals surface area contributed by atoms with Crippen LogP contribution < -0.4 is 21.0 Å². The van der Waals surface area contributed by atoms with Gasteiger partial charge in [-0.3, -0.25) is 9.36 Å². The van der Waals surface area contributed by atoms with Gasteiger partial charge in [0.2, 0.25) is 5.43 Å². The number of carbonyl (C=O) groups is 2. The number of carboxylic acid groups (broad SMARTS) is 1. The normalized spacial score (nSPS) is 19.4. The lowest BCUT2D eigenvalue weighted by Gasteiger charge is -2.23. The Labute approximate surface area is 222 Å². The van der Waals surface area contributed by atoms with Crippen molar-refractivity contribution < 1.29 is 32.3 Å². The van der Waals surface area contributed by atoms with Crippen molar-refractivity contribution in [2.75, 3.05) is 23.3 Å². The quantitative estimate of drug-likeness (QED) is 0.323. The summed E-state index contributed by atoms with van der Waals surface area (Å²) < 4.78 is 57.5. The lowest BCUT2D eigenvalue weighted by Crippen LogP contribution is -2.37. The van der Waals surface area contributed by atoms with Crippen molar-refractivity contribution >= 4 is 34.5 Å². The standard InChI is InChI=1S/C27H19F4N5O4/c28-12-1-4-14(5-2-12)32-27(40)33-22-16-9-35(10-17(16)22)25-20(31)8-15-23(37)18(26(38)39)11-36(24(15)34-25)21-6-3-13(29)7-19(21)30/h1-8,11,16-17,22H,9-10H2,(H,38,39)(H2,32,33,40)/t16-,17+,22?. The van der Waals surface area contributed by atoms with Gasteiger partial charge in [-0.15, -0.1) is 0 Å². The molecule has 2 aromatic heterocycles. The first-order valence-corrected chi connectivity index (χ1v) is 12.1. The predicted molar refractivity (Wildman–Crippen MR) is 136 cm³/mol. The molecule has 13 heteroatoms. The summed E-state index contributed by atoms with van der Waals surface area (Å²) in [5.74, 6) is -4.97. The summed E-state index contributed by atoms with van der Waals surface area (Å²) in [7, 11) is 0. The summed E-state index contributed by atoms with van der Waals surface area (Å²) in [6.07, 6.45) is 0.874. The zero-order valence-corrected chi connectivity index (χ0v) is 20.4. The van der Waals surface area contributed by atoms with Gasteiger partial charge in [0.05, 0.1) is 11.1 Å². The molecule has 2 aromatic carbocycles. The van der Waals surface area contributed by atoms with Gasteiger partial charge in [-0.05, 0) is 42.5 Å². The van der Waals surface area contributed by atoms with Crippen LogP contribution in [0.4, 0.5) is 33.9 Å². The topological polar surface area (TPSA) is 117 Å². The molecule has 2 amide bonds. The van der Waals surface area contributed by atoms with Crippen molar-refractivity contribution in [1.82, 2.24) is 14.9 Å². The Bertz CT molecular complexity index is 1750. The molecule has 2 fully saturated rings.